The Labute approximate surface area is 198 Å². The Balaban J connectivity index is 1.68. The molecule has 166 valence electrons. The monoisotopic (exact) mass is 456 g/mol. The summed E-state index contributed by atoms with van der Waals surface area (Å²) in [6, 6.07) is 22.9. The summed E-state index contributed by atoms with van der Waals surface area (Å²) in [4.78, 5) is 6.71. The molecule has 3 heterocycles. The van der Waals surface area contributed by atoms with Gasteiger partial charge in [-0.25, -0.2) is 4.39 Å². The summed E-state index contributed by atoms with van der Waals surface area (Å²) in [6.07, 6.45) is 1.80. The van der Waals surface area contributed by atoms with Crippen LogP contribution in [-0.4, -0.2) is 14.7 Å². The number of halogens is 1. The average molecular weight is 457 g/mol. The fraction of sp³-hybridized carbons (Fsp3) is 0.185. The van der Waals surface area contributed by atoms with Crippen LogP contribution < -0.4 is 10.2 Å². The lowest BCUT2D eigenvalue weighted by molar-refractivity contribution is 0.565. The topological polar surface area (TPSA) is 33.1 Å². The maximum Gasteiger partial charge on any atom is 0.174 e. The van der Waals surface area contributed by atoms with Crippen LogP contribution in [0.15, 0.2) is 79.0 Å². The van der Waals surface area contributed by atoms with Gasteiger partial charge in [0, 0.05) is 29.0 Å². The average Bonchev–Trinajstić information content (AvgIpc) is 3.30. The van der Waals surface area contributed by atoms with Crippen molar-refractivity contribution < 1.29 is 4.39 Å². The molecule has 33 heavy (non-hydrogen) atoms. The molecule has 0 bridgehead atoms. The second-order valence-corrected chi connectivity index (χ2v) is 8.86. The summed E-state index contributed by atoms with van der Waals surface area (Å²) < 4.78 is 16.0. The lowest BCUT2D eigenvalue weighted by Crippen LogP contribution is -2.29. The number of benzene rings is 2. The zero-order valence-electron chi connectivity index (χ0n) is 18.8. The van der Waals surface area contributed by atoms with Crippen molar-refractivity contribution >= 4 is 23.0 Å². The predicted molar refractivity (Wildman–Crippen MR) is 134 cm³/mol. The highest BCUT2D eigenvalue weighted by molar-refractivity contribution is 7.80. The Bertz CT molecular complexity index is 1310. The van der Waals surface area contributed by atoms with Crippen LogP contribution in [0.25, 0.3) is 5.69 Å². The minimum Gasteiger partial charge on any atom is -0.351 e. The normalized spacial score (nSPS) is 17.9. The first-order valence-electron chi connectivity index (χ1n) is 11.0. The number of hydrogen-bond acceptors (Lipinski definition) is 2. The van der Waals surface area contributed by atoms with Crippen LogP contribution in [0.1, 0.15) is 40.3 Å². The summed E-state index contributed by atoms with van der Waals surface area (Å²) >= 11 is 5.79. The first kappa shape index (κ1) is 21.3. The maximum atomic E-state index is 13.7. The molecule has 0 radical (unpaired) electrons. The van der Waals surface area contributed by atoms with Gasteiger partial charge in [0.15, 0.2) is 5.11 Å². The van der Waals surface area contributed by atoms with Crippen molar-refractivity contribution in [2.45, 2.75) is 32.9 Å². The number of nitrogens with one attached hydrogen (secondary N) is 1. The maximum absolute atomic E-state index is 13.7. The molecule has 1 fully saturated rings. The van der Waals surface area contributed by atoms with Gasteiger partial charge in [0.1, 0.15) is 5.82 Å². The van der Waals surface area contributed by atoms with Crippen LogP contribution in [0.2, 0.25) is 0 Å². The Morgan fingerprint density at radius 2 is 1.70 bits per heavy atom. The van der Waals surface area contributed by atoms with E-state index >= 15 is 0 Å². The lowest BCUT2D eigenvalue weighted by Gasteiger charge is -2.28. The minimum absolute atomic E-state index is 0.136. The third-order valence-electron chi connectivity index (χ3n) is 6.25. The van der Waals surface area contributed by atoms with Crippen LogP contribution in [0.4, 0.5) is 10.1 Å². The fourth-order valence-electron chi connectivity index (χ4n) is 4.80. The molecule has 0 spiro atoms. The van der Waals surface area contributed by atoms with E-state index in [1.165, 1.54) is 17.7 Å². The van der Waals surface area contributed by atoms with Gasteiger partial charge in [-0.15, -0.1) is 0 Å². The molecular formula is C27H25FN4S. The van der Waals surface area contributed by atoms with Gasteiger partial charge in [0.2, 0.25) is 0 Å². The Hall–Kier alpha value is -3.51. The molecule has 1 saturated heterocycles. The number of anilines is 1. The van der Waals surface area contributed by atoms with Crippen LogP contribution in [-0.2, 0) is 0 Å². The second-order valence-electron chi connectivity index (χ2n) is 8.47. The molecule has 0 amide bonds. The van der Waals surface area contributed by atoms with Gasteiger partial charge in [0.25, 0.3) is 0 Å². The van der Waals surface area contributed by atoms with Crippen molar-refractivity contribution in [2.75, 3.05) is 4.90 Å². The molecule has 0 aliphatic carbocycles. The van der Waals surface area contributed by atoms with Crippen LogP contribution in [0.5, 0.6) is 0 Å². The molecule has 5 rings (SSSR count). The van der Waals surface area contributed by atoms with Gasteiger partial charge in [-0.2, -0.15) is 0 Å². The Morgan fingerprint density at radius 3 is 2.39 bits per heavy atom. The Morgan fingerprint density at radius 1 is 0.909 bits per heavy atom. The summed E-state index contributed by atoms with van der Waals surface area (Å²) in [7, 11) is 0. The molecule has 2 aromatic heterocycles. The zero-order chi connectivity index (χ0) is 23.1. The van der Waals surface area contributed by atoms with Crippen molar-refractivity contribution in [2.24, 2.45) is 0 Å². The van der Waals surface area contributed by atoms with E-state index in [1.54, 1.807) is 18.3 Å². The summed E-state index contributed by atoms with van der Waals surface area (Å²) in [6.45, 7) is 6.37. The van der Waals surface area contributed by atoms with Crippen LogP contribution in [0.3, 0.4) is 0 Å². The zero-order valence-corrected chi connectivity index (χ0v) is 19.6. The number of aromatic nitrogens is 2. The van der Waals surface area contributed by atoms with Gasteiger partial charge in [-0.3, -0.25) is 4.98 Å². The van der Waals surface area contributed by atoms with Gasteiger partial charge in [0.05, 0.1) is 17.8 Å². The van der Waals surface area contributed by atoms with E-state index in [4.69, 9.17) is 12.2 Å². The smallest absolute Gasteiger partial charge is 0.174 e. The third kappa shape index (κ3) is 3.80. The number of rotatable bonds is 4. The summed E-state index contributed by atoms with van der Waals surface area (Å²) in [5.74, 6) is -0.271. The summed E-state index contributed by atoms with van der Waals surface area (Å²) in [5, 5.41) is 4.08. The van der Waals surface area contributed by atoms with Crippen molar-refractivity contribution in [3.8, 4) is 5.69 Å². The highest BCUT2D eigenvalue weighted by Gasteiger charge is 2.42. The molecule has 2 aromatic carbocycles. The SMILES string of the molecule is Cc1cccc(-n2c(C)cc([C@H]3[C@@H](c4ccccn4)NC(=S)N3c3ccc(F)cc3)c2C)c1. The fourth-order valence-corrected chi connectivity index (χ4v) is 5.15. The van der Waals surface area contributed by atoms with Crippen molar-refractivity contribution in [1.29, 1.82) is 0 Å². The number of hydrogen-bond donors (Lipinski definition) is 1. The predicted octanol–water partition coefficient (Wildman–Crippen LogP) is 6.11. The molecule has 0 saturated carbocycles. The van der Waals surface area contributed by atoms with Crippen LogP contribution >= 0.6 is 12.2 Å². The van der Waals surface area contributed by atoms with Crippen LogP contribution in [0, 0.1) is 26.6 Å². The molecule has 0 unspecified atom stereocenters. The molecular weight excluding hydrogens is 431 g/mol. The highest BCUT2D eigenvalue weighted by atomic mass is 32.1. The number of nitrogens with zero attached hydrogens (tertiary/aromatic N) is 3. The van der Waals surface area contributed by atoms with E-state index in [1.807, 2.05) is 18.2 Å². The third-order valence-corrected chi connectivity index (χ3v) is 6.57. The quantitative estimate of drug-likeness (QED) is 0.376. The minimum atomic E-state index is -0.271. The van der Waals surface area contributed by atoms with E-state index in [-0.39, 0.29) is 17.9 Å². The van der Waals surface area contributed by atoms with E-state index < -0.39 is 0 Å². The van der Waals surface area contributed by atoms with E-state index in [0.29, 0.717) is 5.11 Å². The molecule has 1 N–H and O–H groups in total. The van der Waals surface area contributed by atoms with E-state index in [9.17, 15) is 4.39 Å². The largest absolute Gasteiger partial charge is 0.351 e. The Kier molecular flexibility index (Phi) is 5.46. The number of pyridine rings is 1. The van der Waals surface area contributed by atoms with Gasteiger partial charge >= 0.3 is 0 Å². The molecule has 6 heteroatoms. The summed E-state index contributed by atoms with van der Waals surface area (Å²) in [5.41, 5.74) is 7.54. The first-order valence-corrected chi connectivity index (χ1v) is 11.4. The van der Waals surface area contributed by atoms with Crippen molar-refractivity contribution in [3.05, 3.63) is 113 Å². The second kappa shape index (κ2) is 8.45. The van der Waals surface area contributed by atoms with Gasteiger partial charge < -0.3 is 14.8 Å². The molecule has 1 aliphatic heterocycles. The molecule has 4 aromatic rings. The standard InChI is InChI=1S/C27H25FN4S/c1-17-7-6-8-22(15-17)31-18(2)16-23(19(31)3)26-25(24-9-4-5-14-29-24)30-27(33)32(26)21-12-10-20(28)11-13-21/h4-16,25-26H,1-3H3,(H,30,33)/t25-,26+/m1/s1. The molecule has 4 nitrogen and oxygen atoms in total. The van der Waals surface area contributed by atoms with E-state index in [2.05, 4.69) is 70.9 Å². The first-order chi connectivity index (χ1) is 15.9. The molecule has 2 atom stereocenters. The lowest BCUT2D eigenvalue weighted by atomic mass is 9.96. The number of thiocarbonyl (C=S) groups is 1. The molecule has 1 aliphatic rings. The van der Waals surface area contributed by atoms with Gasteiger partial charge in [-0.05, 0) is 98.7 Å². The van der Waals surface area contributed by atoms with E-state index in [0.717, 1.165) is 34.0 Å². The number of aryl methyl sites for hydroxylation is 2. The highest BCUT2D eigenvalue weighted by Crippen LogP contribution is 2.43. The van der Waals surface area contributed by atoms with Gasteiger partial charge in [-0.1, -0.05) is 18.2 Å². The van der Waals surface area contributed by atoms with Crippen molar-refractivity contribution in [3.63, 3.8) is 0 Å². The van der Waals surface area contributed by atoms with Crippen molar-refractivity contribution in [1.82, 2.24) is 14.9 Å².